The molecule has 2 aromatic rings. The molecule has 0 atom stereocenters. The van der Waals surface area contributed by atoms with Gasteiger partial charge in [0.2, 0.25) is 5.88 Å². The van der Waals surface area contributed by atoms with Gasteiger partial charge in [-0.05, 0) is 31.0 Å². The highest BCUT2D eigenvalue weighted by molar-refractivity contribution is 5.95. The molecule has 2 aliphatic rings. The fraction of sp³-hybridized carbons (Fsp3) is 0.429. The van der Waals surface area contributed by atoms with E-state index in [2.05, 4.69) is 9.88 Å². The Morgan fingerprint density at radius 2 is 1.89 bits per heavy atom. The minimum Gasteiger partial charge on any atom is -0.481 e. The maximum atomic E-state index is 12.4. The average Bonchev–Trinajstić information content (AvgIpc) is 2.73. The van der Waals surface area contributed by atoms with Gasteiger partial charge in [0.25, 0.3) is 5.91 Å². The van der Waals surface area contributed by atoms with Crippen molar-refractivity contribution in [1.29, 1.82) is 0 Å². The van der Waals surface area contributed by atoms with Gasteiger partial charge in [0.1, 0.15) is 6.61 Å². The Hall–Kier alpha value is -2.44. The van der Waals surface area contributed by atoms with Crippen molar-refractivity contribution in [3.63, 3.8) is 0 Å². The fourth-order valence-electron chi connectivity index (χ4n) is 3.87. The summed E-state index contributed by atoms with van der Waals surface area (Å²) >= 11 is 0. The Morgan fingerprint density at radius 1 is 1.11 bits per heavy atom. The van der Waals surface area contributed by atoms with Gasteiger partial charge in [0.05, 0.1) is 24.9 Å². The molecule has 0 aliphatic carbocycles. The van der Waals surface area contributed by atoms with E-state index in [1.165, 1.54) is 0 Å². The zero-order valence-corrected chi connectivity index (χ0v) is 15.6. The number of pyridine rings is 1. The lowest BCUT2D eigenvalue weighted by Crippen LogP contribution is -2.58. The van der Waals surface area contributed by atoms with Gasteiger partial charge in [0, 0.05) is 31.4 Å². The molecule has 0 N–H and O–H groups in total. The van der Waals surface area contributed by atoms with Crippen LogP contribution in [0.2, 0.25) is 0 Å². The summed E-state index contributed by atoms with van der Waals surface area (Å²) < 4.78 is 11.3. The van der Waals surface area contributed by atoms with Gasteiger partial charge < -0.3 is 14.4 Å². The lowest BCUT2D eigenvalue weighted by Gasteiger charge is -2.47. The van der Waals surface area contributed by atoms with Gasteiger partial charge in [-0.25, -0.2) is 4.98 Å². The van der Waals surface area contributed by atoms with Crippen molar-refractivity contribution < 1.29 is 14.3 Å². The Labute approximate surface area is 159 Å². The summed E-state index contributed by atoms with van der Waals surface area (Å²) in [5.74, 6) is 0.684. The van der Waals surface area contributed by atoms with Gasteiger partial charge >= 0.3 is 0 Å². The summed E-state index contributed by atoms with van der Waals surface area (Å²) in [7, 11) is 1.64. The SMILES string of the molecule is COc1cccc(CN2CCC3(CC2)CN(c2ccccc2)C(=O)CO3)n1. The molecule has 1 amide bonds. The fourth-order valence-corrected chi connectivity index (χ4v) is 3.87. The van der Waals surface area contributed by atoms with Crippen molar-refractivity contribution in [2.45, 2.75) is 25.0 Å². The largest absolute Gasteiger partial charge is 0.481 e. The number of nitrogens with zero attached hydrogens (tertiary/aromatic N) is 3. The second-order valence-corrected chi connectivity index (χ2v) is 7.23. The maximum Gasteiger partial charge on any atom is 0.253 e. The standard InChI is InChI=1S/C21H25N3O3/c1-26-19-9-5-6-17(22-19)14-23-12-10-21(11-13-23)16-24(20(25)15-27-21)18-7-3-2-4-8-18/h2-9H,10-16H2,1H3. The molecule has 0 radical (unpaired) electrons. The highest BCUT2D eigenvalue weighted by atomic mass is 16.5. The molecule has 2 saturated heterocycles. The molecule has 142 valence electrons. The molecule has 0 saturated carbocycles. The van der Waals surface area contributed by atoms with Crippen LogP contribution in [0.3, 0.4) is 0 Å². The summed E-state index contributed by atoms with van der Waals surface area (Å²) in [6.45, 7) is 3.44. The van der Waals surface area contributed by atoms with E-state index in [0.29, 0.717) is 12.4 Å². The number of methoxy groups -OCH3 is 1. The lowest BCUT2D eigenvalue weighted by atomic mass is 9.89. The molecule has 27 heavy (non-hydrogen) atoms. The number of hydrogen-bond acceptors (Lipinski definition) is 5. The molecule has 3 heterocycles. The van der Waals surface area contributed by atoms with Gasteiger partial charge in [-0.1, -0.05) is 24.3 Å². The summed E-state index contributed by atoms with van der Waals surface area (Å²) in [5.41, 5.74) is 1.71. The number of anilines is 1. The van der Waals surface area contributed by atoms with Crippen LogP contribution in [0.5, 0.6) is 5.88 Å². The minimum absolute atomic E-state index is 0.0369. The van der Waals surface area contributed by atoms with Crippen molar-refractivity contribution in [2.24, 2.45) is 0 Å². The van der Waals surface area contributed by atoms with Crippen LogP contribution < -0.4 is 9.64 Å². The predicted octanol–water partition coefficient (Wildman–Crippen LogP) is 2.49. The zero-order chi connectivity index (χ0) is 18.7. The molecular formula is C21H25N3O3. The molecule has 2 aliphatic heterocycles. The number of likely N-dealkylation sites (tertiary alicyclic amines) is 1. The van der Waals surface area contributed by atoms with Crippen molar-refractivity contribution in [3.05, 3.63) is 54.2 Å². The molecule has 4 rings (SSSR count). The molecule has 1 aromatic heterocycles. The monoisotopic (exact) mass is 367 g/mol. The van der Waals surface area contributed by atoms with E-state index in [1.807, 2.05) is 53.4 Å². The molecule has 6 nitrogen and oxygen atoms in total. The predicted molar refractivity (Wildman–Crippen MR) is 103 cm³/mol. The number of carbonyl (C=O) groups excluding carboxylic acids is 1. The number of piperidine rings is 1. The van der Waals surface area contributed by atoms with E-state index in [9.17, 15) is 4.79 Å². The third kappa shape index (κ3) is 3.96. The van der Waals surface area contributed by atoms with E-state index in [0.717, 1.165) is 43.9 Å². The number of benzene rings is 1. The van der Waals surface area contributed by atoms with Crippen LogP contribution in [-0.4, -0.2) is 54.7 Å². The Balaban J connectivity index is 1.39. The molecule has 1 spiro atoms. The van der Waals surface area contributed by atoms with Crippen LogP contribution >= 0.6 is 0 Å². The highest BCUT2D eigenvalue weighted by Crippen LogP contribution is 2.33. The van der Waals surface area contributed by atoms with Gasteiger partial charge in [-0.15, -0.1) is 0 Å². The van der Waals surface area contributed by atoms with Crippen LogP contribution in [0.1, 0.15) is 18.5 Å². The van der Waals surface area contributed by atoms with Crippen molar-refractivity contribution in [1.82, 2.24) is 9.88 Å². The first-order valence-electron chi connectivity index (χ1n) is 9.39. The van der Waals surface area contributed by atoms with Gasteiger partial charge in [-0.3, -0.25) is 9.69 Å². The number of rotatable bonds is 4. The second-order valence-electron chi connectivity index (χ2n) is 7.23. The van der Waals surface area contributed by atoms with Gasteiger partial charge in [0.15, 0.2) is 0 Å². The number of ether oxygens (including phenoxy) is 2. The third-order valence-electron chi connectivity index (χ3n) is 5.46. The highest BCUT2D eigenvalue weighted by Gasteiger charge is 2.42. The number of aromatic nitrogens is 1. The Morgan fingerprint density at radius 3 is 2.63 bits per heavy atom. The number of carbonyl (C=O) groups is 1. The van der Waals surface area contributed by atoms with Crippen LogP contribution in [0.25, 0.3) is 0 Å². The molecule has 1 aromatic carbocycles. The van der Waals surface area contributed by atoms with Crippen LogP contribution in [0, 0.1) is 0 Å². The molecule has 0 unspecified atom stereocenters. The van der Waals surface area contributed by atoms with E-state index < -0.39 is 0 Å². The average molecular weight is 367 g/mol. The topological polar surface area (TPSA) is 54.9 Å². The Bertz CT molecular complexity index is 788. The quantitative estimate of drug-likeness (QED) is 0.831. The number of hydrogen-bond donors (Lipinski definition) is 0. The van der Waals surface area contributed by atoms with E-state index in [4.69, 9.17) is 9.47 Å². The summed E-state index contributed by atoms with van der Waals surface area (Å²) in [4.78, 5) is 21.1. The number of para-hydroxylation sites is 1. The molecular weight excluding hydrogens is 342 g/mol. The first-order chi connectivity index (χ1) is 13.2. The summed E-state index contributed by atoms with van der Waals surface area (Å²) in [6.07, 6.45) is 1.82. The normalized spacial score (nSPS) is 20.0. The maximum absolute atomic E-state index is 12.4. The lowest BCUT2D eigenvalue weighted by molar-refractivity contribution is -0.145. The van der Waals surface area contributed by atoms with Crippen molar-refractivity contribution in [3.8, 4) is 5.88 Å². The molecule has 6 heteroatoms. The van der Waals surface area contributed by atoms with Crippen LogP contribution in [0.15, 0.2) is 48.5 Å². The van der Waals surface area contributed by atoms with Crippen LogP contribution in [0.4, 0.5) is 5.69 Å². The third-order valence-corrected chi connectivity index (χ3v) is 5.46. The summed E-state index contributed by atoms with van der Waals surface area (Å²) in [6, 6.07) is 15.7. The van der Waals surface area contributed by atoms with Gasteiger partial charge in [-0.2, -0.15) is 0 Å². The molecule has 2 fully saturated rings. The van der Waals surface area contributed by atoms with E-state index in [1.54, 1.807) is 7.11 Å². The first-order valence-corrected chi connectivity index (χ1v) is 9.39. The zero-order valence-electron chi connectivity index (χ0n) is 15.6. The smallest absolute Gasteiger partial charge is 0.253 e. The number of amides is 1. The minimum atomic E-state index is -0.248. The van der Waals surface area contributed by atoms with Crippen molar-refractivity contribution in [2.75, 3.05) is 38.3 Å². The van der Waals surface area contributed by atoms with E-state index in [-0.39, 0.29) is 18.1 Å². The molecule has 0 bridgehead atoms. The first kappa shape index (κ1) is 17.9. The van der Waals surface area contributed by atoms with Crippen molar-refractivity contribution >= 4 is 11.6 Å². The Kier molecular flexibility index (Phi) is 5.09. The number of morpholine rings is 1. The van der Waals surface area contributed by atoms with Crippen LogP contribution in [-0.2, 0) is 16.1 Å². The second kappa shape index (κ2) is 7.66. The van der Waals surface area contributed by atoms with E-state index >= 15 is 0 Å². The summed E-state index contributed by atoms with van der Waals surface area (Å²) in [5, 5.41) is 0.